The number of allylic oxidation sites excluding steroid dienone is 1. The van der Waals surface area contributed by atoms with E-state index in [1.54, 1.807) is 0 Å². The van der Waals surface area contributed by atoms with E-state index in [9.17, 15) is 0 Å². The molecule has 1 aromatic rings. The van der Waals surface area contributed by atoms with Crippen molar-refractivity contribution in [2.24, 2.45) is 0 Å². The molecule has 0 N–H and O–H groups in total. The van der Waals surface area contributed by atoms with Crippen LogP contribution in [-0.4, -0.2) is 10.2 Å². The average Bonchev–Trinajstić information content (AvgIpc) is 2.12. The lowest BCUT2D eigenvalue weighted by atomic mass is 10.0. The summed E-state index contributed by atoms with van der Waals surface area (Å²) in [6.45, 7) is 10.3. The highest BCUT2D eigenvalue weighted by molar-refractivity contribution is 6.34. The Labute approximate surface area is 89.8 Å². The molecule has 0 nitrogen and oxygen atoms in total. The van der Waals surface area contributed by atoms with Gasteiger partial charge in [-0.25, -0.2) is 0 Å². The maximum Gasteiger partial charge on any atom is 0.0392 e. The van der Waals surface area contributed by atoms with E-state index in [1.165, 1.54) is 27.5 Å². The Morgan fingerprint density at radius 3 is 2.50 bits per heavy atom. The second kappa shape index (κ2) is 4.42. The fourth-order valence-corrected chi connectivity index (χ4v) is 2.30. The van der Waals surface area contributed by atoms with E-state index in [2.05, 4.69) is 45.6 Å². The minimum atomic E-state index is 1.10. The molecule has 0 aliphatic rings. The third-order valence-corrected chi connectivity index (χ3v) is 3.30. The zero-order valence-corrected chi connectivity index (χ0v) is 11.5. The van der Waals surface area contributed by atoms with Crippen LogP contribution in [0, 0.1) is 6.92 Å². The van der Waals surface area contributed by atoms with Crippen LogP contribution in [0.4, 0.5) is 0 Å². The summed E-state index contributed by atoms with van der Waals surface area (Å²) in [4.78, 5) is 0. The number of rotatable bonds is 2. The lowest BCUT2D eigenvalue weighted by molar-refractivity contribution is 1.39. The summed E-state index contributed by atoms with van der Waals surface area (Å²) >= 11 is 0. The van der Waals surface area contributed by atoms with Crippen molar-refractivity contribution < 1.29 is 0 Å². The Morgan fingerprint density at radius 2 is 2.00 bits per heavy atom. The van der Waals surface area contributed by atoms with Gasteiger partial charge in [0.05, 0.1) is 0 Å². The standard InChI is InChI=1S/C13H18Si/c1-5-11-6-7-13(14)12(10(11)4)8-9(2)3/h5-8H,1H2,2-4,14H3. The Bertz CT molecular complexity index is 382. The predicted octanol–water partition coefficient (Wildman–Crippen LogP) is 2.05. The highest BCUT2D eigenvalue weighted by atomic mass is 28.1. The summed E-state index contributed by atoms with van der Waals surface area (Å²) in [6, 6.07) is 4.37. The van der Waals surface area contributed by atoms with Gasteiger partial charge in [-0.05, 0) is 37.5 Å². The molecule has 0 aliphatic carbocycles. The van der Waals surface area contributed by atoms with Crippen LogP contribution in [0.5, 0.6) is 0 Å². The molecular weight excluding hydrogens is 184 g/mol. The summed E-state index contributed by atoms with van der Waals surface area (Å²) in [5, 5.41) is 1.47. The first-order chi connectivity index (χ1) is 6.56. The maximum absolute atomic E-state index is 3.83. The molecule has 14 heavy (non-hydrogen) atoms. The SMILES string of the molecule is C=Cc1ccc([SiH3])c(C=C(C)C)c1C. The highest BCUT2D eigenvalue weighted by Crippen LogP contribution is 2.15. The van der Waals surface area contributed by atoms with Crippen molar-refractivity contribution in [3.8, 4) is 0 Å². The van der Waals surface area contributed by atoms with Crippen molar-refractivity contribution in [1.29, 1.82) is 0 Å². The monoisotopic (exact) mass is 202 g/mol. The third kappa shape index (κ3) is 2.24. The van der Waals surface area contributed by atoms with Crippen LogP contribution in [0.3, 0.4) is 0 Å². The fraction of sp³-hybridized carbons (Fsp3) is 0.231. The number of hydrogen-bond acceptors (Lipinski definition) is 0. The molecule has 1 aromatic carbocycles. The van der Waals surface area contributed by atoms with Gasteiger partial charge in [-0.2, -0.15) is 0 Å². The van der Waals surface area contributed by atoms with E-state index >= 15 is 0 Å². The second-order valence-corrected chi connectivity index (χ2v) is 5.01. The molecule has 0 spiro atoms. The molecule has 0 radical (unpaired) electrons. The van der Waals surface area contributed by atoms with Crippen molar-refractivity contribution in [2.45, 2.75) is 20.8 Å². The molecule has 0 saturated carbocycles. The molecule has 0 saturated heterocycles. The summed E-state index contributed by atoms with van der Waals surface area (Å²) in [6.07, 6.45) is 4.20. The Morgan fingerprint density at radius 1 is 1.36 bits per heavy atom. The van der Waals surface area contributed by atoms with Gasteiger partial charge in [-0.1, -0.05) is 41.6 Å². The molecule has 0 heterocycles. The minimum absolute atomic E-state index is 1.10. The first-order valence-corrected chi connectivity index (χ1v) is 5.93. The van der Waals surface area contributed by atoms with Gasteiger partial charge in [-0.3, -0.25) is 0 Å². The van der Waals surface area contributed by atoms with Gasteiger partial charge in [-0.15, -0.1) is 0 Å². The molecule has 1 rings (SSSR count). The smallest absolute Gasteiger partial charge is 0.0392 e. The molecule has 0 atom stereocenters. The fourth-order valence-electron chi connectivity index (χ4n) is 1.61. The van der Waals surface area contributed by atoms with Gasteiger partial charge in [0.15, 0.2) is 0 Å². The molecule has 0 aromatic heterocycles. The van der Waals surface area contributed by atoms with Gasteiger partial charge >= 0.3 is 0 Å². The molecule has 0 aliphatic heterocycles. The lowest BCUT2D eigenvalue weighted by Crippen LogP contribution is -2.09. The quantitative estimate of drug-likeness (QED) is 0.644. The summed E-state index contributed by atoms with van der Waals surface area (Å²) in [5.41, 5.74) is 5.35. The molecule has 74 valence electrons. The first-order valence-electron chi connectivity index (χ1n) is 4.93. The van der Waals surface area contributed by atoms with E-state index in [4.69, 9.17) is 0 Å². The summed E-state index contributed by atoms with van der Waals surface area (Å²) in [7, 11) is 1.10. The van der Waals surface area contributed by atoms with Gasteiger partial charge < -0.3 is 0 Å². The average molecular weight is 202 g/mol. The van der Waals surface area contributed by atoms with Gasteiger partial charge in [0.1, 0.15) is 0 Å². The highest BCUT2D eigenvalue weighted by Gasteiger charge is 2.02. The van der Waals surface area contributed by atoms with Gasteiger partial charge in [0, 0.05) is 10.2 Å². The Balaban J connectivity index is 3.40. The van der Waals surface area contributed by atoms with E-state index < -0.39 is 0 Å². The lowest BCUT2D eigenvalue weighted by Gasteiger charge is -2.09. The summed E-state index contributed by atoms with van der Waals surface area (Å²) < 4.78 is 0. The van der Waals surface area contributed by atoms with Crippen molar-refractivity contribution in [1.82, 2.24) is 0 Å². The van der Waals surface area contributed by atoms with Crippen molar-refractivity contribution in [3.05, 3.63) is 41.0 Å². The van der Waals surface area contributed by atoms with Crippen LogP contribution in [0.25, 0.3) is 12.2 Å². The number of benzene rings is 1. The zero-order chi connectivity index (χ0) is 10.7. The van der Waals surface area contributed by atoms with Gasteiger partial charge in [0.2, 0.25) is 0 Å². The van der Waals surface area contributed by atoms with E-state index in [1.807, 2.05) is 6.08 Å². The molecule has 0 amide bonds. The van der Waals surface area contributed by atoms with Crippen molar-refractivity contribution in [3.63, 3.8) is 0 Å². The second-order valence-electron chi connectivity index (χ2n) is 3.94. The van der Waals surface area contributed by atoms with Crippen molar-refractivity contribution in [2.75, 3.05) is 0 Å². The number of hydrogen-bond donors (Lipinski definition) is 0. The van der Waals surface area contributed by atoms with Crippen LogP contribution in [0.1, 0.15) is 30.5 Å². The molecule has 0 unspecified atom stereocenters. The molecule has 1 heteroatoms. The van der Waals surface area contributed by atoms with E-state index in [0.29, 0.717) is 0 Å². The largest absolute Gasteiger partial charge is 0.0985 e. The normalized spacial score (nSPS) is 9.93. The first kappa shape index (κ1) is 11.0. The van der Waals surface area contributed by atoms with Crippen LogP contribution in [0.2, 0.25) is 0 Å². The molecule has 0 fully saturated rings. The summed E-state index contributed by atoms with van der Waals surface area (Å²) in [5.74, 6) is 0. The van der Waals surface area contributed by atoms with E-state index in [-0.39, 0.29) is 0 Å². The minimum Gasteiger partial charge on any atom is -0.0985 e. The topological polar surface area (TPSA) is 0 Å². The predicted molar refractivity (Wildman–Crippen MR) is 70.2 cm³/mol. The van der Waals surface area contributed by atoms with Crippen LogP contribution >= 0.6 is 0 Å². The zero-order valence-electron chi connectivity index (χ0n) is 9.52. The Hall–Kier alpha value is -1.08. The van der Waals surface area contributed by atoms with Crippen LogP contribution in [0.15, 0.2) is 24.3 Å². The molecular formula is C13H18Si. The maximum atomic E-state index is 3.83. The van der Waals surface area contributed by atoms with Crippen LogP contribution < -0.4 is 5.19 Å². The van der Waals surface area contributed by atoms with Crippen LogP contribution in [-0.2, 0) is 0 Å². The molecule has 0 bridgehead atoms. The third-order valence-electron chi connectivity index (χ3n) is 2.43. The van der Waals surface area contributed by atoms with Gasteiger partial charge in [0.25, 0.3) is 0 Å². The van der Waals surface area contributed by atoms with Crippen molar-refractivity contribution >= 4 is 27.6 Å². The van der Waals surface area contributed by atoms with E-state index in [0.717, 1.165) is 10.2 Å². The Kier molecular flexibility index (Phi) is 3.47.